The van der Waals surface area contributed by atoms with Gasteiger partial charge in [0.15, 0.2) is 5.82 Å². The normalized spacial score (nSPS) is 11.5. The first-order chi connectivity index (χ1) is 11.1. The highest BCUT2D eigenvalue weighted by atomic mass is 16.5. The van der Waals surface area contributed by atoms with Crippen molar-refractivity contribution in [3.05, 3.63) is 41.7 Å². The fourth-order valence-corrected chi connectivity index (χ4v) is 2.02. The highest BCUT2D eigenvalue weighted by molar-refractivity contribution is 5.88. The van der Waals surface area contributed by atoms with Gasteiger partial charge in [0.1, 0.15) is 12.4 Å². The highest BCUT2D eigenvalue weighted by Crippen LogP contribution is 2.28. The van der Waals surface area contributed by atoms with Crippen LogP contribution in [0.5, 0.6) is 5.75 Å². The summed E-state index contributed by atoms with van der Waals surface area (Å²) < 4.78 is 5.73. The van der Waals surface area contributed by atoms with Crippen molar-refractivity contribution in [3.63, 3.8) is 0 Å². The van der Waals surface area contributed by atoms with E-state index in [9.17, 15) is 4.79 Å². The van der Waals surface area contributed by atoms with Crippen LogP contribution in [0.3, 0.4) is 0 Å². The van der Waals surface area contributed by atoms with Crippen molar-refractivity contribution in [2.45, 2.75) is 20.3 Å². The van der Waals surface area contributed by atoms with Crippen LogP contribution in [0.25, 0.3) is 11.4 Å². The fourth-order valence-electron chi connectivity index (χ4n) is 2.02. The van der Waals surface area contributed by atoms with E-state index < -0.39 is 5.97 Å². The second-order valence-electron chi connectivity index (χ2n) is 5.04. The van der Waals surface area contributed by atoms with E-state index in [2.05, 4.69) is 16.0 Å². The largest absolute Gasteiger partial charge is 0.491 e. The number of hydrogen-bond donors (Lipinski definition) is 1. The lowest BCUT2D eigenvalue weighted by atomic mass is 10.1. The molecule has 0 aliphatic heterocycles. The molecular weight excluding hydrogens is 294 g/mol. The first kappa shape index (κ1) is 16.4. The van der Waals surface area contributed by atoms with Crippen molar-refractivity contribution < 1.29 is 14.6 Å². The molecule has 0 saturated carbocycles. The minimum absolute atomic E-state index is 0.0719. The molecule has 0 fully saturated rings. The van der Waals surface area contributed by atoms with Crippen molar-refractivity contribution in [3.8, 4) is 23.2 Å². The molecule has 1 aromatic carbocycles. The molecule has 0 aliphatic rings. The molecule has 1 atom stereocenters. The number of nitrogens with zero attached hydrogens (tertiary/aromatic N) is 3. The first-order valence-corrected chi connectivity index (χ1v) is 7.25. The van der Waals surface area contributed by atoms with E-state index in [0.717, 1.165) is 0 Å². The first-order valence-electron chi connectivity index (χ1n) is 7.25. The van der Waals surface area contributed by atoms with Crippen LogP contribution in [-0.4, -0.2) is 27.7 Å². The number of benzene rings is 1. The van der Waals surface area contributed by atoms with E-state index in [1.165, 1.54) is 6.20 Å². The molecule has 0 bridgehead atoms. The summed E-state index contributed by atoms with van der Waals surface area (Å²) in [5.74, 6) is -0.268. The number of ether oxygens (including phenoxy) is 1. The molecule has 1 N–H and O–H groups in total. The van der Waals surface area contributed by atoms with Crippen LogP contribution in [-0.2, 0) is 0 Å². The van der Waals surface area contributed by atoms with Crippen LogP contribution in [0, 0.1) is 24.2 Å². The van der Waals surface area contributed by atoms with E-state index in [0.29, 0.717) is 29.3 Å². The maximum Gasteiger partial charge on any atom is 0.339 e. The Balaban J connectivity index is 2.32. The molecule has 0 aliphatic carbocycles. The smallest absolute Gasteiger partial charge is 0.339 e. The molecule has 0 spiro atoms. The second kappa shape index (κ2) is 7.36. The third-order valence-corrected chi connectivity index (χ3v) is 3.45. The number of aromatic carboxylic acids is 1. The van der Waals surface area contributed by atoms with E-state index in [-0.39, 0.29) is 18.1 Å². The molecule has 118 valence electrons. The number of carbonyl (C=O) groups is 1. The molecule has 23 heavy (non-hydrogen) atoms. The van der Waals surface area contributed by atoms with Gasteiger partial charge in [-0.05, 0) is 25.5 Å². The summed E-state index contributed by atoms with van der Waals surface area (Å²) in [7, 11) is 0. The van der Waals surface area contributed by atoms with Gasteiger partial charge in [0.05, 0.1) is 28.8 Å². The lowest BCUT2D eigenvalue weighted by Gasteiger charge is -2.13. The summed E-state index contributed by atoms with van der Waals surface area (Å²) >= 11 is 0. The third kappa shape index (κ3) is 3.83. The van der Waals surface area contributed by atoms with Crippen molar-refractivity contribution in [1.29, 1.82) is 5.26 Å². The number of rotatable bonds is 6. The van der Waals surface area contributed by atoms with Gasteiger partial charge in [-0.2, -0.15) is 5.26 Å². The Morgan fingerprint density at radius 1 is 1.43 bits per heavy atom. The average molecular weight is 311 g/mol. The predicted molar refractivity (Wildman–Crippen MR) is 84.1 cm³/mol. The minimum Gasteiger partial charge on any atom is -0.491 e. The molecule has 1 unspecified atom stereocenters. The average Bonchev–Trinajstić information content (AvgIpc) is 2.55. The SMILES string of the molecule is CCC(C#N)COc1ccccc1-c1ncc(C(=O)O)c(C)n1. The van der Waals surface area contributed by atoms with Gasteiger partial charge in [-0.15, -0.1) is 0 Å². The lowest BCUT2D eigenvalue weighted by Crippen LogP contribution is -2.10. The van der Waals surface area contributed by atoms with E-state index in [1.54, 1.807) is 19.1 Å². The zero-order chi connectivity index (χ0) is 16.8. The standard InChI is InChI=1S/C17H17N3O3/c1-3-12(8-18)10-23-15-7-5-4-6-13(15)16-19-9-14(17(21)22)11(2)20-16/h4-7,9,12H,3,10H2,1-2H3,(H,21,22). The maximum atomic E-state index is 11.0. The quantitative estimate of drug-likeness (QED) is 0.880. The van der Waals surface area contributed by atoms with E-state index >= 15 is 0 Å². The highest BCUT2D eigenvalue weighted by Gasteiger charge is 2.14. The Labute approximate surface area is 134 Å². The van der Waals surface area contributed by atoms with Gasteiger partial charge >= 0.3 is 5.97 Å². The summed E-state index contributed by atoms with van der Waals surface area (Å²) in [6, 6.07) is 9.42. The Morgan fingerprint density at radius 2 is 2.17 bits per heavy atom. The summed E-state index contributed by atoms with van der Waals surface area (Å²) in [4.78, 5) is 19.4. The molecule has 6 nitrogen and oxygen atoms in total. The minimum atomic E-state index is -1.06. The number of hydrogen-bond acceptors (Lipinski definition) is 5. The molecular formula is C17H17N3O3. The number of carboxylic acids is 1. The van der Waals surface area contributed by atoms with Crippen LogP contribution < -0.4 is 4.74 Å². The number of nitriles is 1. The van der Waals surface area contributed by atoms with E-state index in [1.807, 2.05) is 19.1 Å². The van der Waals surface area contributed by atoms with Crippen molar-refractivity contribution in [2.24, 2.45) is 5.92 Å². The fraction of sp³-hybridized carbons (Fsp3) is 0.294. The van der Waals surface area contributed by atoms with Gasteiger partial charge in [-0.25, -0.2) is 14.8 Å². The molecule has 2 rings (SSSR count). The molecule has 1 aromatic heterocycles. The third-order valence-electron chi connectivity index (χ3n) is 3.45. The van der Waals surface area contributed by atoms with Crippen LogP contribution >= 0.6 is 0 Å². The molecule has 0 saturated heterocycles. The summed E-state index contributed by atoms with van der Waals surface area (Å²) in [6.45, 7) is 3.84. The Kier molecular flexibility index (Phi) is 5.26. The van der Waals surface area contributed by atoms with Gasteiger partial charge in [0.2, 0.25) is 0 Å². The van der Waals surface area contributed by atoms with Crippen LogP contribution in [0.15, 0.2) is 30.5 Å². The number of para-hydroxylation sites is 1. The lowest BCUT2D eigenvalue weighted by molar-refractivity contribution is 0.0695. The Morgan fingerprint density at radius 3 is 2.78 bits per heavy atom. The van der Waals surface area contributed by atoms with Crippen LogP contribution in [0.2, 0.25) is 0 Å². The van der Waals surface area contributed by atoms with Gasteiger partial charge in [-0.3, -0.25) is 0 Å². The van der Waals surface area contributed by atoms with Gasteiger partial charge in [-0.1, -0.05) is 19.1 Å². The summed E-state index contributed by atoms with van der Waals surface area (Å²) in [5, 5.41) is 18.0. The van der Waals surface area contributed by atoms with Gasteiger partial charge in [0, 0.05) is 6.20 Å². The zero-order valence-electron chi connectivity index (χ0n) is 13.0. The zero-order valence-corrected chi connectivity index (χ0v) is 13.0. The predicted octanol–water partition coefficient (Wildman–Crippen LogP) is 3.08. The second-order valence-corrected chi connectivity index (χ2v) is 5.04. The van der Waals surface area contributed by atoms with E-state index in [4.69, 9.17) is 15.1 Å². The van der Waals surface area contributed by atoms with Crippen LogP contribution in [0.1, 0.15) is 29.4 Å². The Hall–Kier alpha value is -2.94. The topological polar surface area (TPSA) is 96.1 Å². The molecule has 2 aromatic rings. The summed E-state index contributed by atoms with van der Waals surface area (Å²) in [5.41, 5.74) is 1.13. The van der Waals surface area contributed by atoms with Crippen molar-refractivity contribution in [1.82, 2.24) is 9.97 Å². The number of aromatic nitrogens is 2. The van der Waals surface area contributed by atoms with Gasteiger partial charge in [0.25, 0.3) is 0 Å². The molecule has 0 amide bonds. The maximum absolute atomic E-state index is 11.0. The Bertz CT molecular complexity index is 753. The van der Waals surface area contributed by atoms with Crippen molar-refractivity contribution in [2.75, 3.05) is 6.61 Å². The number of carboxylic acid groups (broad SMARTS) is 1. The molecule has 1 heterocycles. The molecule has 0 radical (unpaired) electrons. The van der Waals surface area contributed by atoms with Crippen LogP contribution in [0.4, 0.5) is 0 Å². The van der Waals surface area contributed by atoms with Gasteiger partial charge < -0.3 is 9.84 Å². The van der Waals surface area contributed by atoms with Crippen molar-refractivity contribution >= 4 is 5.97 Å². The monoisotopic (exact) mass is 311 g/mol. The number of aryl methyl sites for hydroxylation is 1. The summed E-state index contributed by atoms with van der Waals surface area (Å²) in [6.07, 6.45) is 2.00. The molecule has 6 heteroatoms.